The molecule has 14 nitrogen and oxygen atoms in total. The lowest BCUT2D eigenvalue weighted by Gasteiger charge is -2.44. The van der Waals surface area contributed by atoms with E-state index in [-0.39, 0.29) is 0 Å². The van der Waals surface area contributed by atoms with E-state index in [1.165, 1.54) is 0 Å². The van der Waals surface area contributed by atoms with Crippen LogP contribution in [0.1, 0.15) is 34.1 Å². The van der Waals surface area contributed by atoms with E-state index in [9.17, 15) is 33.9 Å². The number of aliphatic carboxylic acids is 2. The van der Waals surface area contributed by atoms with Crippen molar-refractivity contribution in [1.82, 2.24) is 0 Å². The number of hydrogen-bond donors (Lipinski definition) is 2. The molecule has 0 aliphatic carbocycles. The fourth-order valence-electron chi connectivity index (χ4n) is 2.81. The third kappa shape index (κ3) is 8.47. The van der Waals surface area contributed by atoms with Gasteiger partial charge in [0.15, 0.2) is 30.7 Å². The molecular weight excluding hydrogens is 440 g/mol. The number of carbonyl (C=O) groups is 6. The van der Waals surface area contributed by atoms with E-state index >= 15 is 0 Å². The first-order chi connectivity index (χ1) is 14.8. The summed E-state index contributed by atoms with van der Waals surface area (Å²) in [6.07, 6.45) is -10.8. The first-order valence-corrected chi connectivity index (χ1v) is 9.22. The van der Waals surface area contributed by atoms with Crippen molar-refractivity contribution in [2.75, 3.05) is 6.61 Å². The van der Waals surface area contributed by atoms with Gasteiger partial charge >= 0.3 is 35.8 Å². The van der Waals surface area contributed by atoms with Crippen LogP contribution < -0.4 is 0 Å². The molecule has 0 saturated carbocycles. The number of rotatable bonds is 10. The Morgan fingerprint density at radius 3 is 1.72 bits per heavy atom. The average molecular weight is 464 g/mol. The standard InChI is InChI=1S/C18H24O14/c1-7(19)27-6-12-14(28-8(2)20)15(29-9(3)21)16(30-10(4)22)18(32-12)31-11(17(25)26)5-13(23)24/h11-12,14-16,18H,5-6H2,1-4H3,(H,23,24)(H,25,26)/t11-,12+,14+,15-,16-,18-/m0/s1. The van der Waals surface area contributed by atoms with E-state index < -0.39 is 85.7 Å². The fraction of sp³-hybridized carbons (Fsp3) is 0.667. The molecule has 180 valence electrons. The Bertz CT molecular complexity index is 746. The van der Waals surface area contributed by atoms with Crippen molar-refractivity contribution in [1.29, 1.82) is 0 Å². The van der Waals surface area contributed by atoms with Gasteiger partial charge < -0.3 is 38.6 Å². The highest BCUT2D eigenvalue weighted by Gasteiger charge is 2.53. The van der Waals surface area contributed by atoms with Crippen molar-refractivity contribution >= 4 is 35.8 Å². The zero-order valence-corrected chi connectivity index (χ0v) is 17.7. The Balaban J connectivity index is 3.41. The first-order valence-electron chi connectivity index (χ1n) is 9.22. The van der Waals surface area contributed by atoms with E-state index in [2.05, 4.69) is 0 Å². The first kappa shape index (κ1) is 26.8. The molecule has 1 aliphatic heterocycles. The molecule has 0 aromatic rings. The van der Waals surface area contributed by atoms with Crippen LogP contribution in [0.15, 0.2) is 0 Å². The normalized spacial score (nSPS) is 25.7. The van der Waals surface area contributed by atoms with Gasteiger partial charge in [-0.25, -0.2) is 4.79 Å². The van der Waals surface area contributed by atoms with Gasteiger partial charge in [0.05, 0.1) is 6.42 Å². The third-order valence-corrected chi connectivity index (χ3v) is 3.88. The molecule has 1 fully saturated rings. The number of carbonyl (C=O) groups excluding carboxylic acids is 4. The second kappa shape index (κ2) is 12.0. The smallest absolute Gasteiger partial charge is 0.333 e. The summed E-state index contributed by atoms with van der Waals surface area (Å²) >= 11 is 0. The largest absolute Gasteiger partial charge is 0.481 e. The molecule has 0 unspecified atom stereocenters. The Morgan fingerprint density at radius 1 is 0.781 bits per heavy atom. The van der Waals surface area contributed by atoms with Gasteiger partial charge in [-0.15, -0.1) is 0 Å². The summed E-state index contributed by atoms with van der Waals surface area (Å²) in [6.45, 7) is 3.56. The maximum atomic E-state index is 11.7. The van der Waals surface area contributed by atoms with Crippen LogP contribution in [0.4, 0.5) is 0 Å². The van der Waals surface area contributed by atoms with Gasteiger partial charge in [-0.2, -0.15) is 0 Å². The Morgan fingerprint density at radius 2 is 1.28 bits per heavy atom. The van der Waals surface area contributed by atoms with Gasteiger partial charge in [0, 0.05) is 27.7 Å². The SMILES string of the molecule is CC(=O)OC[C@H]1O[C@H](O[C@@H](CC(=O)O)C(=O)O)[C@@H](OC(C)=O)[C@@H](OC(C)=O)[C@@H]1OC(C)=O. The van der Waals surface area contributed by atoms with Crippen molar-refractivity contribution in [3.8, 4) is 0 Å². The second-order valence-corrected chi connectivity index (χ2v) is 6.63. The van der Waals surface area contributed by atoms with Crippen molar-refractivity contribution in [2.45, 2.75) is 70.9 Å². The molecule has 0 spiro atoms. The van der Waals surface area contributed by atoms with Gasteiger partial charge in [-0.05, 0) is 0 Å². The molecule has 0 radical (unpaired) electrons. The second-order valence-electron chi connectivity index (χ2n) is 6.63. The lowest BCUT2D eigenvalue weighted by molar-refractivity contribution is -0.315. The Hall–Kier alpha value is -3.26. The number of ether oxygens (including phenoxy) is 6. The number of hydrogen-bond acceptors (Lipinski definition) is 12. The van der Waals surface area contributed by atoms with Gasteiger partial charge in [-0.1, -0.05) is 0 Å². The lowest BCUT2D eigenvalue weighted by Crippen LogP contribution is -2.63. The van der Waals surface area contributed by atoms with Crippen molar-refractivity contribution in [3.63, 3.8) is 0 Å². The molecule has 0 amide bonds. The van der Waals surface area contributed by atoms with Gasteiger partial charge in [0.25, 0.3) is 0 Å². The molecule has 1 heterocycles. The zero-order valence-electron chi connectivity index (χ0n) is 17.7. The summed E-state index contributed by atoms with van der Waals surface area (Å²) in [7, 11) is 0. The molecule has 1 saturated heterocycles. The van der Waals surface area contributed by atoms with E-state index in [0.717, 1.165) is 27.7 Å². The van der Waals surface area contributed by atoms with Crippen molar-refractivity contribution in [3.05, 3.63) is 0 Å². The molecule has 32 heavy (non-hydrogen) atoms. The summed E-state index contributed by atoms with van der Waals surface area (Å²) in [4.78, 5) is 68.6. The average Bonchev–Trinajstić information content (AvgIpc) is 2.62. The molecule has 1 aliphatic rings. The fourth-order valence-corrected chi connectivity index (χ4v) is 2.81. The topological polar surface area (TPSA) is 198 Å². The van der Waals surface area contributed by atoms with E-state index in [4.69, 9.17) is 33.5 Å². The maximum Gasteiger partial charge on any atom is 0.333 e. The van der Waals surface area contributed by atoms with Crippen LogP contribution in [0.5, 0.6) is 0 Å². The van der Waals surface area contributed by atoms with Crippen LogP contribution >= 0.6 is 0 Å². The molecule has 2 N–H and O–H groups in total. The zero-order chi connectivity index (χ0) is 24.6. The summed E-state index contributed by atoms with van der Waals surface area (Å²) in [5, 5.41) is 18.2. The summed E-state index contributed by atoms with van der Waals surface area (Å²) in [5.74, 6) is -6.58. The van der Waals surface area contributed by atoms with Crippen LogP contribution in [0.2, 0.25) is 0 Å². The molecule has 0 bridgehead atoms. The van der Waals surface area contributed by atoms with E-state index in [1.807, 2.05) is 0 Å². The predicted octanol–water partition coefficient (Wildman–Crippen LogP) is -0.986. The van der Waals surface area contributed by atoms with E-state index in [0.29, 0.717) is 0 Å². The highest BCUT2D eigenvalue weighted by Crippen LogP contribution is 2.30. The van der Waals surface area contributed by atoms with Crippen LogP contribution in [-0.2, 0) is 57.2 Å². The lowest BCUT2D eigenvalue weighted by atomic mass is 9.98. The van der Waals surface area contributed by atoms with Gasteiger partial charge in [-0.3, -0.25) is 24.0 Å². The molecule has 6 atom stereocenters. The molecule has 0 aromatic heterocycles. The van der Waals surface area contributed by atoms with Gasteiger partial charge in [0.1, 0.15) is 12.7 Å². The number of carboxylic acid groups (broad SMARTS) is 2. The third-order valence-electron chi connectivity index (χ3n) is 3.88. The Labute approximate surface area is 181 Å². The highest BCUT2D eigenvalue weighted by atomic mass is 16.7. The van der Waals surface area contributed by atoms with Crippen LogP contribution in [0.3, 0.4) is 0 Å². The van der Waals surface area contributed by atoms with Crippen LogP contribution in [-0.4, -0.2) is 89.4 Å². The molecule has 0 aromatic carbocycles. The summed E-state index contributed by atoms with van der Waals surface area (Å²) < 4.78 is 31.0. The van der Waals surface area contributed by atoms with E-state index in [1.54, 1.807) is 0 Å². The monoisotopic (exact) mass is 464 g/mol. The molecule has 1 rings (SSSR count). The minimum absolute atomic E-state index is 0.547. The summed E-state index contributed by atoms with van der Waals surface area (Å²) in [5.41, 5.74) is 0. The maximum absolute atomic E-state index is 11.7. The van der Waals surface area contributed by atoms with Crippen LogP contribution in [0.25, 0.3) is 0 Å². The number of esters is 4. The minimum Gasteiger partial charge on any atom is -0.481 e. The van der Waals surface area contributed by atoms with Crippen LogP contribution in [0, 0.1) is 0 Å². The predicted molar refractivity (Wildman–Crippen MR) is 96.7 cm³/mol. The summed E-state index contributed by atoms with van der Waals surface area (Å²) in [6, 6.07) is 0. The molecule has 14 heteroatoms. The molecular formula is C18H24O14. The Kier molecular flexibility index (Phi) is 10.00. The van der Waals surface area contributed by atoms with Crippen molar-refractivity contribution < 1.29 is 67.4 Å². The quantitative estimate of drug-likeness (QED) is 0.295. The highest BCUT2D eigenvalue weighted by molar-refractivity contribution is 5.79. The van der Waals surface area contributed by atoms with Crippen molar-refractivity contribution in [2.24, 2.45) is 0 Å². The minimum atomic E-state index is -1.95. The van der Waals surface area contributed by atoms with Gasteiger partial charge in [0.2, 0.25) is 0 Å². The number of carboxylic acids is 2.